The van der Waals surface area contributed by atoms with Crippen molar-refractivity contribution in [2.75, 3.05) is 10.6 Å². The van der Waals surface area contributed by atoms with Gasteiger partial charge in [0, 0.05) is 6.20 Å². The maximum atomic E-state index is 12.3. The Labute approximate surface area is 138 Å². The van der Waals surface area contributed by atoms with Crippen molar-refractivity contribution in [2.45, 2.75) is 0 Å². The Morgan fingerprint density at radius 2 is 2.14 bits per heavy atom. The zero-order valence-corrected chi connectivity index (χ0v) is 13.6. The molecule has 22 heavy (non-hydrogen) atoms. The predicted octanol–water partition coefficient (Wildman–Crippen LogP) is 3.69. The summed E-state index contributed by atoms with van der Waals surface area (Å²) in [4.78, 5) is 24.6. The Kier molecular flexibility index (Phi) is 4.40. The predicted molar refractivity (Wildman–Crippen MR) is 89.5 cm³/mol. The summed E-state index contributed by atoms with van der Waals surface area (Å²) in [5, 5.41) is 6.51. The highest BCUT2D eigenvalue weighted by atomic mass is 79.9. The number of anilines is 3. The van der Waals surface area contributed by atoms with Crippen LogP contribution in [0, 0.1) is 0 Å². The molecule has 0 unspecified atom stereocenters. The van der Waals surface area contributed by atoms with Crippen LogP contribution in [0.15, 0.2) is 52.8 Å². The normalized spacial score (nSPS) is 10.2. The Balaban J connectivity index is 1.78. The molecule has 0 atom stereocenters. The number of carbonyl (C=O) groups excluding carboxylic acids is 1. The van der Waals surface area contributed by atoms with Crippen LogP contribution < -0.4 is 10.6 Å². The van der Waals surface area contributed by atoms with Crippen LogP contribution in [0.3, 0.4) is 0 Å². The number of nitrogens with one attached hydrogen (secondary N) is 2. The first-order chi connectivity index (χ1) is 10.7. The second kappa shape index (κ2) is 6.63. The minimum Gasteiger partial charge on any atom is -0.344 e. The highest BCUT2D eigenvalue weighted by Gasteiger charge is 2.16. The van der Waals surface area contributed by atoms with Crippen LogP contribution in [0.2, 0.25) is 0 Å². The average Bonchev–Trinajstić information content (AvgIpc) is 2.96. The molecule has 0 saturated heterocycles. The molecular weight excluding hydrogens is 366 g/mol. The summed E-state index contributed by atoms with van der Waals surface area (Å²) in [5.41, 5.74) is 2.72. The molecule has 3 rings (SSSR count). The smallest absolute Gasteiger partial charge is 0.278 e. The molecular formula is C14H10BrN5OS. The van der Waals surface area contributed by atoms with E-state index in [0.717, 1.165) is 5.69 Å². The third kappa shape index (κ3) is 3.46. The fourth-order valence-corrected chi connectivity index (χ4v) is 2.76. The van der Waals surface area contributed by atoms with Gasteiger partial charge in [-0.15, -0.1) is 11.3 Å². The minimum absolute atomic E-state index is 0.315. The van der Waals surface area contributed by atoms with Crippen molar-refractivity contribution in [3.05, 3.63) is 58.5 Å². The van der Waals surface area contributed by atoms with Crippen LogP contribution in [0.1, 0.15) is 10.5 Å². The first kappa shape index (κ1) is 14.6. The standard InChI is InChI=1S/C14H10BrN5OS/c15-10-4-1-5-11(19-10)20-13(21)12-14(22-8-17-12)18-9-3-2-6-16-7-9/h1-8,18H,(H,19,20,21). The molecule has 1 amide bonds. The van der Waals surface area contributed by atoms with Gasteiger partial charge in [-0.05, 0) is 40.2 Å². The number of rotatable bonds is 4. The van der Waals surface area contributed by atoms with Crippen LogP contribution in [-0.4, -0.2) is 20.9 Å². The van der Waals surface area contributed by atoms with E-state index in [4.69, 9.17) is 0 Å². The van der Waals surface area contributed by atoms with Crippen molar-refractivity contribution < 1.29 is 4.79 Å². The van der Waals surface area contributed by atoms with Crippen molar-refractivity contribution in [1.29, 1.82) is 0 Å². The minimum atomic E-state index is -0.321. The number of thiazole rings is 1. The molecule has 0 saturated carbocycles. The van der Waals surface area contributed by atoms with E-state index in [1.807, 2.05) is 12.1 Å². The van der Waals surface area contributed by atoms with Gasteiger partial charge in [0.15, 0.2) is 5.69 Å². The van der Waals surface area contributed by atoms with Gasteiger partial charge in [0.2, 0.25) is 0 Å². The number of carbonyl (C=O) groups is 1. The highest BCUT2D eigenvalue weighted by Crippen LogP contribution is 2.25. The van der Waals surface area contributed by atoms with Gasteiger partial charge in [-0.25, -0.2) is 9.97 Å². The topological polar surface area (TPSA) is 79.8 Å². The van der Waals surface area contributed by atoms with Crippen LogP contribution >= 0.6 is 27.3 Å². The van der Waals surface area contributed by atoms with Gasteiger partial charge in [0.05, 0.1) is 17.4 Å². The third-order valence-corrected chi connectivity index (χ3v) is 3.84. The Morgan fingerprint density at radius 1 is 1.23 bits per heavy atom. The summed E-state index contributed by atoms with van der Waals surface area (Å²) < 4.78 is 0.650. The first-order valence-electron chi connectivity index (χ1n) is 6.27. The summed E-state index contributed by atoms with van der Waals surface area (Å²) in [6.45, 7) is 0. The lowest BCUT2D eigenvalue weighted by atomic mass is 10.3. The van der Waals surface area contributed by atoms with Gasteiger partial charge < -0.3 is 10.6 Å². The summed E-state index contributed by atoms with van der Waals surface area (Å²) in [7, 11) is 0. The van der Waals surface area contributed by atoms with Gasteiger partial charge in [0.25, 0.3) is 5.91 Å². The number of hydrogen-bond donors (Lipinski definition) is 2. The maximum Gasteiger partial charge on any atom is 0.278 e. The summed E-state index contributed by atoms with van der Waals surface area (Å²) in [6, 6.07) is 8.97. The van der Waals surface area contributed by atoms with Crippen LogP contribution in [0.25, 0.3) is 0 Å². The molecule has 0 spiro atoms. The molecule has 0 aromatic carbocycles. The summed E-state index contributed by atoms with van der Waals surface area (Å²) in [5.74, 6) is 0.137. The van der Waals surface area contributed by atoms with Gasteiger partial charge in [0.1, 0.15) is 15.4 Å². The third-order valence-electron chi connectivity index (χ3n) is 2.66. The number of amides is 1. The Bertz CT molecular complexity index is 793. The zero-order chi connectivity index (χ0) is 15.4. The molecule has 6 nitrogen and oxygen atoms in total. The summed E-state index contributed by atoms with van der Waals surface area (Å²) in [6.07, 6.45) is 3.36. The van der Waals surface area contributed by atoms with E-state index in [-0.39, 0.29) is 5.91 Å². The number of nitrogens with zero attached hydrogens (tertiary/aromatic N) is 3. The van der Waals surface area contributed by atoms with E-state index in [1.165, 1.54) is 11.3 Å². The molecule has 2 N–H and O–H groups in total. The van der Waals surface area contributed by atoms with Crippen molar-refractivity contribution in [2.24, 2.45) is 0 Å². The Morgan fingerprint density at radius 3 is 2.91 bits per heavy atom. The van der Waals surface area contributed by atoms with Crippen molar-refractivity contribution in [3.63, 3.8) is 0 Å². The lowest BCUT2D eigenvalue weighted by molar-refractivity contribution is 0.102. The largest absolute Gasteiger partial charge is 0.344 e. The second-order valence-electron chi connectivity index (χ2n) is 4.20. The molecule has 3 aromatic heterocycles. The highest BCUT2D eigenvalue weighted by molar-refractivity contribution is 9.10. The number of halogens is 1. The van der Waals surface area contributed by atoms with Crippen LogP contribution in [0.4, 0.5) is 16.5 Å². The second-order valence-corrected chi connectivity index (χ2v) is 5.86. The molecule has 0 aliphatic carbocycles. The van der Waals surface area contributed by atoms with E-state index in [2.05, 4.69) is 41.5 Å². The fraction of sp³-hybridized carbons (Fsp3) is 0. The molecule has 0 fully saturated rings. The van der Waals surface area contributed by atoms with Gasteiger partial charge in [-0.2, -0.15) is 0 Å². The quantitative estimate of drug-likeness (QED) is 0.679. The lowest BCUT2D eigenvalue weighted by Crippen LogP contribution is -2.14. The van der Waals surface area contributed by atoms with Crippen LogP contribution in [0.5, 0.6) is 0 Å². The molecule has 0 aliphatic heterocycles. The van der Waals surface area contributed by atoms with Gasteiger partial charge in [-0.3, -0.25) is 9.78 Å². The number of hydrogen-bond acceptors (Lipinski definition) is 6. The van der Waals surface area contributed by atoms with E-state index in [1.54, 1.807) is 36.1 Å². The van der Waals surface area contributed by atoms with Crippen LogP contribution in [-0.2, 0) is 0 Å². The van der Waals surface area contributed by atoms with Crippen molar-refractivity contribution >= 4 is 49.7 Å². The van der Waals surface area contributed by atoms with Crippen molar-refractivity contribution in [1.82, 2.24) is 15.0 Å². The van der Waals surface area contributed by atoms with E-state index in [0.29, 0.717) is 21.1 Å². The average molecular weight is 376 g/mol. The summed E-state index contributed by atoms with van der Waals surface area (Å²) >= 11 is 4.61. The number of aromatic nitrogens is 3. The number of pyridine rings is 2. The SMILES string of the molecule is O=C(Nc1cccc(Br)n1)c1ncsc1Nc1cccnc1. The van der Waals surface area contributed by atoms with E-state index in [9.17, 15) is 4.79 Å². The fourth-order valence-electron chi connectivity index (χ4n) is 1.72. The molecule has 0 aliphatic rings. The van der Waals surface area contributed by atoms with Gasteiger partial charge >= 0.3 is 0 Å². The molecule has 0 bridgehead atoms. The van der Waals surface area contributed by atoms with E-state index >= 15 is 0 Å². The molecule has 0 radical (unpaired) electrons. The lowest BCUT2D eigenvalue weighted by Gasteiger charge is -2.06. The molecule has 8 heteroatoms. The van der Waals surface area contributed by atoms with Gasteiger partial charge in [-0.1, -0.05) is 6.07 Å². The first-order valence-corrected chi connectivity index (χ1v) is 7.94. The maximum absolute atomic E-state index is 12.3. The zero-order valence-electron chi connectivity index (χ0n) is 11.2. The molecule has 3 heterocycles. The molecule has 110 valence electrons. The van der Waals surface area contributed by atoms with Crippen molar-refractivity contribution in [3.8, 4) is 0 Å². The monoisotopic (exact) mass is 375 g/mol. The van der Waals surface area contributed by atoms with E-state index < -0.39 is 0 Å². The Hall–Kier alpha value is -2.32. The molecule has 3 aromatic rings.